The van der Waals surface area contributed by atoms with Gasteiger partial charge >= 0.3 is 0 Å². The molecule has 12 heterocycles. The van der Waals surface area contributed by atoms with Gasteiger partial charge in [0.2, 0.25) is 35.3 Å². The molecule has 3 atom stereocenters. The van der Waals surface area contributed by atoms with Crippen molar-refractivity contribution in [2.24, 2.45) is 0 Å². The fourth-order valence-corrected chi connectivity index (χ4v) is 17.2. The lowest BCUT2D eigenvalue weighted by molar-refractivity contribution is 0.184. The number of halogens is 3. The van der Waals surface area contributed by atoms with Crippen LogP contribution in [0.5, 0.6) is 0 Å². The average Bonchev–Trinajstić information content (AvgIpc) is 1.66. The summed E-state index contributed by atoms with van der Waals surface area (Å²) in [5.41, 5.74) is 15.8. The second-order valence-electron chi connectivity index (χ2n) is 29.3. The van der Waals surface area contributed by atoms with E-state index in [0.29, 0.717) is 53.1 Å². The van der Waals surface area contributed by atoms with Gasteiger partial charge in [-0.2, -0.15) is 25.5 Å². The highest BCUT2D eigenvalue weighted by atomic mass is 35.5. The van der Waals surface area contributed by atoms with Crippen LogP contribution in [0.15, 0.2) is 184 Å². The van der Waals surface area contributed by atoms with E-state index in [4.69, 9.17) is 24.9 Å². The summed E-state index contributed by atoms with van der Waals surface area (Å²) in [7, 11) is 0. The number of allylic oxidation sites excluding steroid dienone is 1. The second kappa shape index (κ2) is 31.1. The lowest BCUT2D eigenvalue weighted by Crippen LogP contribution is -2.34. The molecule has 16 aromatic rings. The first-order valence-corrected chi connectivity index (χ1v) is 39.3. The Labute approximate surface area is 646 Å². The van der Waals surface area contributed by atoms with E-state index in [9.17, 15) is 8.78 Å². The number of aryl methyl sites for hydroxylation is 3. The quantitative estimate of drug-likeness (QED) is 0.0766. The summed E-state index contributed by atoms with van der Waals surface area (Å²) in [6.45, 7) is 15.0. The molecule has 3 saturated heterocycles. The Hall–Kier alpha value is -11.5. The third kappa shape index (κ3) is 15.1. The summed E-state index contributed by atoms with van der Waals surface area (Å²) in [6.07, 6.45) is 19.2. The van der Waals surface area contributed by atoms with Crippen LogP contribution in [-0.2, 0) is 39.1 Å². The minimum Gasteiger partial charge on any atom is -0.420 e. The van der Waals surface area contributed by atoms with E-state index in [-0.39, 0.29) is 29.4 Å². The zero-order valence-corrected chi connectivity index (χ0v) is 63.2. The number of fused-ring (bicyclic) bond motifs is 5. The van der Waals surface area contributed by atoms with Crippen LogP contribution in [0.25, 0.3) is 117 Å². The number of H-pyrrole nitrogens is 3. The van der Waals surface area contributed by atoms with Gasteiger partial charge in [0.15, 0.2) is 0 Å². The number of nitrogens with one attached hydrogen (secondary N) is 3. The Balaban J connectivity index is 0.000000117. The van der Waals surface area contributed by atoms with E-state index < -0.39 is 0 Å². The normalized spacial score (nSPS) is 16.9. The fourth-order valence-electron chi connectivity index (χ4n) is 15.8. The molecule has 0 bridgehead atoms. The van der Waals surface area contributed by atoms with Crippen LogP contribution in [0.1, 0.15) is 120 Å². The van der Waals surface area contributed by atoms with Gasteiger partial charge in [-0.3, -0.25) is 39.4 Å². The van der Waals surface area contributed by atoms with Crippen LogP contribution in [0, 0.1) is 18.6 Å². The number of piperidine rings is 3. The smallest absolute Gasteiger partial charge is 0.247 e. The van der Waals surface area contributed by atoms with Gasteiger partial charge in [-0.15, -0.1) is 41.9 Å². The van der Waals surface area contributed by atoms with E-state index in [1.807, 2.05) is 107 Å². The topological polar surface area (TPSA) is 248 Å². The van der Waals surface area contributed by atoms with Crippen molar-refractivity contribution in [1.82, 2.24) is 95.4 Å². The maximum absolute atomic E-state index is 14.2. The van der Waals surface area contributed by atoms with E-state index in [1.54, 1.807) is 25.1 Å². The predicted octanol–water partition coefficient (Wildman–Crippen LogP) is 18.4. The highest BCUT2D eigenvalue weighted by Crippen LogP contribution is 2.39. The van der Waals surface area contributed by atoms with Crippen molar-refractivity contribution in [3.8, 4) is 68.1 Å². The molecule has 20 rings (SSSR count). The summed E-state index contributed by atoms with van der Waals surface area (Å²) in [5.74, 6) is 3.64. The van der Waals surface area contributed by atoms with Crippen molar-refractivity contribution >= 4 is 71.8 Å². The van der Waals surface area contributed by atoms with Crippen molar-refractivity contribution in [3.63, 3.8) is 0 Å². The van der Waals surface area contributed by atoms with Crippen LogP contribution in [0.2, 0.25) is 5.02 Å². The molecule has 3 N–H and O–H groups in total. The molecule has 3 fully saturated rings. The number of aromatic amines is 3. The Bertz CT molecular complexity index is 6020. The first kappa shape index (κ1) is 71.1. The first-order valence-electron chi connectivity index (χ1n) is 38.1. The summed E-state index contributed by atoms with van der Waals surface area (Å²) < 4.78 is 52.0. The number of hydrogen-bond donors (Lipinski definition) is 3. The summed E-state index contributed by atoms with van der Waals surface area (Å²) in [6, 6.07) is 45.8. The average molecular weight is 1520 g/mol. The van der Waals surface area contributed by atoms with E-state index in [0.717, 1.165) is 204 Å². The fraction of sp³-hybridized carbons (Fsp3) is 0.282. The molecule has 3 aliphatic heterocycles. The molecule has 22 nitrogen and oxygen atoms in total. The van der Waals surface area contributed by atoms with Crippen LogP contribution in [0.4, 0.5) is 8.78 Å². The van der Waals surface area contributed by atoms with E-state index >= 15 is 0 Å². The van der Waals surface area contributed by atoms with Gasteiger partial charge in [-0.25, -0.2) is 8.78 Å². The molecule has 7 aromatic carbocycles. The van der Waals surface area contributed by atoms with Crippen molar-refractivity contribution in [2.45, 2.75) is 116 Å². The zero-order valence-electron chi connectivity index (χ0n) is 61.6. The molecule has 0 spiro atoms. The Morgan fingerprint density at radius 3 is 1.50 bits per heavy atom. The van der Waals surface area contributed by atoms with Gasteiger partial charge in [-0.05, 0) is 204 Å². The lowest BCUT2D eigenvalue weighted by Gasteiger charge is -2.31. The number of hydrogen-bond acceptors (Lipinski definition) is 18. The van der Waals surface area contributed by atoms with Gasteiger partial charge in [0.1, 0.15) is 23.0 Å². The maximum Gasteiger partial charge on any atom is 0.247 e. The Morgan fingerprint density at radius 2 is 0.982 bits per heavy atom. The second-order valence-corrected chi connectivity index (χ2v) is 30.9. The predicted molar refractivity (Wildman–Crippen MR) is 426 cm³/mol. The van der Waals surface area contributed by atoms with Gasteiger partial charge in [-0.1, -0.05) is 72.3 Å². The standard InChI is InChI=1S/C30H26FN5O.C28H27N7OS.C27H27ClFN7O/c31-26-9-2-1-5-23(26)17-36-14-4-8-24(18-36)30-35-34-29(37-30)22-12-13-27-25(16-22)28(33-32-27)21-11-10-19-6-3-7-20(19)15-21;1-2-35-16-21(14-29-35)26-23-13-19(9-10-24(23)30-31-26)27-32-33-28(36-27)20-7-5-11-34(15-20)17-22-12-18-6-3-4-8-25(18)37-22;1-3-36-15-20(12-30-36)25-21-10-17(6-7-24(21)31-32-25)26-33-34-27(37-26)18-5-4-8-35(13-18)14-19-11-23(29)16(2)9-22(19)28/h1-3,5,7,9-13,15-16,24H,4,6,8,14,17-18H2,(H,32,33);3-4,6,8-10,12-14,16,20H,2,5,7,11,15,17H2,1H3,(H,30,31);6-7,9-12,15,18H,3-5,8,13-14H2,1-2H3,(H,31,32)/t24-;20-;18-/m111/s1. The van der Waals surface area contributed by atoms with Crippen molar-refractivity contribution in [3.05, 3.63) is 237 Å². The van der Waals surface area contributed by atoms with E-state index in [1.165, 1.54) is 32.2 Å². The lowest BCUT2D eigenvalue weighted by atomic mass is 9.97. The summed E-state index contributed by atoms with van der Waals surface area (Å²) in [4.78, 5) is 8.46. The zero-order chi connectivity index (χ0) is 75.1. The third-order valence-electron chi connectivity index (χ3n) is 21.8. The molecule has 0 unspecified atom stereocenters. The summed E-state index contributed by atoms with van der Waals surface area (Å²) >= 11 is 8.28. The van der Waals surface area contributed by atoms with Crippen molar-refractivity contribution in [2.75, 3.05) is 39.3 Å². The molecule has 0 radical (unpaired) electrons. The molecule has 26 heteroatoms. The largest absolute Gasteiger partial charge is 0.420 e. The minimum atomic E-state index is -0.230. The summed E-state index contributed by atoms with van der Waals surface area (Å²) in [5, 5.41) is 63.2. The molecule has 560 valence electrons. The molecule has 9 aromatic heterocycles. The number of benzene rings is 7. The molecule has 1 aliphatic carbocycles. The van der Waals surface area contributed by atoms with Gasteiger partial charge in [0.05, 0.1) is 52.4 Å². The Morgan fingerprint density at radius 1 is 0.495 bits per heavy atom. The molecule has 111 heavy (non-hydrogen) atoms. The number of thiophene rings is 1. The van der Waals surface area contributed by atoms with Gasteiger partial charge < -0.3 is 13.3 Å². The van der Waals surface area contributed by atoms with Crippen molar-refractivity contribution < 1.29 is 22.0 Å². The van der Waals surface area contributed by atoms with Gasteiger partial charge in [0, 0.05) is 134 Å². The number of likely N-dealkylation sites (tertiary alicyclic amines) is 3. The van der Waals surface area contributed by atoms with Crippen LogP contribution in [-0.4, -0.2) is 135 Å². The molecular weight excluding hydrogens is 1440 g/mol. The van der Waals surface area contributed by atoms with Crippen LogP contribution >= 0.6 is 22.9 Å². The van der Waals surface area contributed by atoms with Crippen molar-refractivity contribution in [1.29, 1.82) is 0 Å². The number of rotatable bonds is 17. The first-order chi connectivity index (χ1) is 54.4. The Kier molecular flexibility index (Phi) is 19.9. The van der Waals surface area contributed by atoms with Gasteiger partial charge in [0.25, 0.3) is 0 Å². The molecule has 0 amide bonds. The van der Waals surface area contributed by atoms with Crippen LogP contribution < -0.4 is 0 Å². The SMILES string of the molecule is CCn1cc(-c2n[nH]c3ccc(-c4nnc([C@@H]5CCCN(Cc6cc(F)c(C)cc6Cl)C5)o4)cc23)cn1.CCn1cc(-c2n[nH]c3ccc(-c4nnc([C@@H]5CCCN(Cc6cc7ccccc7s6)C5)o4)cc23)cn1.Fc1ccccc1CN1CCC[C@@H](c2nnc(-c3ccc4[nH]nc(-c5ccc6c(c5)C=CC6)c4c3)o2)C1. The van der Waals surface area contributed by atoms with Crippen LogP contribution in [0.3, 0.4) is 0 Å². The monoisotopic (exact) mass is 1520 g/mol. The molecule has 4 aliphatic rings. The number of nitrogens with zero attached hydrogens (tertiary/aromatic N) is 16. The number of aromatic nitrogens is 16. The van der Waals surface area contributed by atoms with E-state index in [2.05, 4.69) is 166 Å². The minimum absolute atomic E-state index is 0.108. The third-order valence-corrected chi connectivity index (χ3v) is 23.2. The highest BCUT2D eigenvalue weighted by molar-refractivity contribution is 7.19. The maximum atomic E-state index is 14.2. The highest BCUT2D eigenvalue weighted by Gasteiger charge is 2.31. The molecular formula is C85H80ClF2N19O3S. The molecule has 0 saturated carbocycles.